The minimum atomic E-state index is 0. The summed E-state index contributed by atoms with van der Waals surface area (Å²) in [6, 6.07) is 4.47. The van der Waals surface area contributed by atoms with E-state index in [1.807, 2.05) is 29.9 Å². The summed E-state index contributed by atoms with van der Waals surface area (Å²) in [7, 11) is 3.71. The molecule has 3 rings (SSSR count). The molecule has 0 saturated heterocycles. The monoisotopic (exact) mass is 546 g/mol. The van der Waals surface area contributed by atoms with E-state index in [-0.39, 0.29) is 29.4 Å². The fraction of sp³-hybridized carbons (Fsp3) is 0.667. The minimum Gasteiger partial charge on any atom is -0.385 e. The molecule has 0 aromatic carbocycles. The number of aliphatic imine (C=N–C) groups is 1. The molecule has 1 aliphatic carbocycles. The standard InChI is InChI=1S/C21H34N6OS.HI/c1-17-25-26-19(27(17)2)15-23-20(22-12-8-13-28-3)24-16-21(10-5-4-6-11-21)18-9-7-14-29-18;/h7,9,14H,4-6,8,10-13,15-16H2,1-3H3,(H2,22,23,24);1H. The molecule has 2 N–H and O–H groups in total. The first kappa shape index (κ1) is 25.1. The van der Waals surface area contributed by atoms with Crippen LogP contribution in [0.3, 0.4) is 0 Å². The van der Waals surface area contributed by atoms with Crippen molar-refractivity contribution in [3.05, 3.63) is 34.0 Å². The molecule has 1 aliphatic rings. The van der Waals surface area contributed by atoms with E-state index < -0.39 is 0 Å². The van der Waals surface area contributed by atoms with Crippen molar-refractivity contribution in [3.63, 3.8) is 0 Å². The second kappa shape index (κ2) is 12.6. The van der Waals surface area contributed by atoms with E-state index in [1.54, 1.807) is 7.11 Å². The van der Waals surface area contributed by atoms with Gasteiger partial charge in [-0.3, -0.25) is 0 Å². The van der Waals surface area contributed by atoms with Crippen LogP contribution in [-0.2, 0) is 23.7 Å². The molecule has 9 heteroatoms. The predicted molar refractivity (Wildman–Crippen MR) is 134 cm³/mol. The van der Waals surface area contributed by atoms with Crippen LogP contribution < -0.4 is 10.6 Å². The number of rotatable bonds is 9. The van der Waals surface area contributed by atoms with Crippen molar-refractivity contribution in [2.75, 3.05) is 26.8 Å². The first-order valence-corrected chi connectivity index (χ1v) is 11.4. The molecular weight excluding hydrogens is 511 g/mol. The Morgan fingerprint density at radius 3 is 2.70 bits per heavy atom. The molecule has 0 atom stereocenters. The molecule has 2 aromatic rings. The number of nitrogens with one attached hydrogen (secondary N) is 2. The third kappa shape index (κ3) is 6.65. The van der Waals surface area contributed by atoms with E-state index in [1.165, 1.54) is 37.0 Å². The average molecular weight is 547 g/mol. The van der Waals surface area contributed by atoms with Gasteiger partial charge >= 0.3 is 0 Å². The lowest BCUT2D eigenvalue weighted by Gasteiger charge is -2.37. The normalized spacial score (nSPS) is 16.2. The molecule has 7 nitrogen and oxygen atoms in total. The Balaban J connectivity index is 0.00000320. The van der Waals surface area contributed by atoms with E-state index in [0.717, 1.165) is 43.7 Å². The van der Waals surface area contributed by atoms with E-state index in [9.17, 15) is 0 Å². The molecule has 0 aliphatic heterocycles. The number of methoxy groups -OCH3 is 1. The number of thiophene rings is 1. The number of ether oxygens (including phenoxy) is 1. The second-order valence-electron chi connectivity index (χ2n) is 7.83. The summed E-state index contributed by atoms with van der Waals surface area (Å²) in [5, 5.41) is 17.7. The number of aromatic nitrogens is 3. The van der Waals surface area contributed by atoms with Gasteiger partial charge in [-0.25, -0.2) is 4.99 Å². The van der Waals surface area contributed by atoms with Gasteiger partial charge in [-0.15, -0.1) is 45.5 Å². The van der Waals surface area contributed by atoms with E-state index >= 15 is 0 Å². The highest BCUT2D eigenvalue weighted by molar-refractivity contribution is 14.0. The molecule has 168 valence electrons. The number of hydrogen-bond donors (Lipinski definition) is 2. The van der Waals surface area contributed by atoms with Gasteiger partial charge in [-0.1, -0.05) is 25.3 Å². The first-order valence-electron chi connectivity index (χ1n) is 10.5. The Bertz CT molecular complexity index is 771. The number of halogens is 1. The van der Waals surface area contributed by atoms with Crippen LogP contribution in [0.1, 0.15) is 55.1 Å². The van der Waals surface area contributed by atoms with E-state index in [0.29, 0.717) is 6.54 Å². The molecule has 1 fully saturated rings. The van der Waals surface area contributed by atoms with Crippen molar-refractivity contribution in [3.8, 4) is 0 Å². The molecule has 2 aromatic heterocycles. The van der Waals surface area contributed by atoms with Crippen molar-refractivity contribution in [2.45, 2.75) is 57.4 Å². The summed E-state index contributed by atoms with van der Waals surface area (Å²) in [6.07, 6.45) is 7.35. The van der Waals surface area contributed by atoms with E-state index in [2.05, 4.69) is 38.3 Å². The largest absolute Gasteiger partial charge is 0.385 e. The lowest BCUT2D eigenvalue weighted by Crippen LogP contribution is -2.46. The van der Waals surface area contributed by atoms with E-state index in [4.69, 9.17) is 9.73 Å². The van der Waals surface area contributed by atoms with Crippen LogP contribution in [0.2, 0.25) is 0 Å². The molecule has 0 unspecified atom stereocenters. The van der Waals surface area contributed by atoms with Crippen LogP contribution in [0, 0.1) is 6.92 Å². The Kier molecular flexibility index (Phi) is 10.5. The van der Waals surface area contributed by atoms with Gasteiger partial charge in [0.25, 0.3) is 0 Å². The molecule has 2 heterocycles. The van der Waals surface area contributed by atoms with Gasteiger partial charge < -0.3 is 19.9 Å². The van der Waals surface area contributed by atoms with Crippen molar-refractivity contribution in [1.82, 2.24) is 25.4 Å². The quantitative estimate of drug-likeness (QED) is 0.217. The first-order chi connectivity index (χ1) is 14.1. The average Bonchev–Trinajstić information content (AvgIpc) is 3.39. The molecule has 0 amide bonds. The van der Waals surface area contributed by atoms with Gasteiger partial charge in [0.05, 0.1) is 0 Å². The molecule has 0 radical (unpaired) electrons. The summed E-state index contributed by atoms with van der Waals surface area (Å²) in [5.74, 6) is 2.60. The van der Waals surface area contributed by atoms with Crippen molar-refractivity contribution in [2.24, 2.45) is 12.0 Å². The smallest absolute Gasteiger partial charge is 0.191 e. The van der Waals surface area contributed by atoms with Gasteiger partial charge in [0.15, 0.2) is 11.8 Å². The number of guanidine groups is 1. The van der Waals surface area contributed by atoms with Crippen LogP contribution in [0.25, 0.3) is 0 Å². The summed E-state index contributed by atoms with van der Waals surface area (Å²) in [5.41, 5.74) is 0.211. The van der Waals surface area contributed by atoms with Gasteiger partial charge in [-0.05, 0) is 37.6 Å². The van der Waals surface area contributed by atoms with Gasteiger partial charge in [0.1, 0.15) is 12.4 Å². The molecule has 0 spiro atoms. The lowest BCUT2D eigenvalue weighted by atomic mass is 9.73. The van der Waals surface area contributed by atoms with Gasteiger partial charge in [0, 0.05) is 44.1 Å². The zero-order valence-corrected chi connectivity index (χ0v) is 21.5. The Morgan fingerprint density at radius 2 is 2.07 bits per heavy atom. The number of aryl methyl sites for hydroxylation is 1. The van der Waals surface area contributed by atoms with Crippen LogP contribution in [-0.4, -0.2) is 47.5 Å². The summed E-state index contributed by atoms with van der Waals surface area (Å²) in [4.78, 5) is 6.29. The van der Waals surface area contributed by atoms with Crippen LogP contribution in [0.4, 0.5) is 0 Å². The summed E-state index contributed by atoms with van der Waals surface area (Å²) in [6.45, 7) is 4.92. The molecule has 1 saturated carbocycles. The third-order valence-electron chi connectivity index (χ3n) is 5.83. The fourth-order valence-electron chi connectivity index (χ4n) is 3.91. The topological polar surface area (TPSA) is 76.4 Å². The minimum absolute atomic E-state index is 0. The lowest BCUT2D eigenvalue weighted by molar-refractivity contribution is 0.195. The maximum absolute atomic E-state index is 5.17. The van der Waals surface area contributed by atoms with Crippen molar-refractivity contribution < 1.29 is 4.74 Å². The fourth-order valence-corrected chi connectivity index (χ4v) is 4.90. The number of nitrogens with zero attached hydrogens (tertiary/aromatic N) is 4. The number of hydrogen-bond acceptors (Lipinski definition) is 5. The van der Waals surface area contributed by atoms with Crippen LogP contribution >= 0.6 is 35.3 Å². The maximum atomic E-state index is 5.17. The highest BCUT2D eigenvalue weighted by atomic mass is 127. The van der Waals surface area contributed by atoms with Crippen molar-refractivity contribution >= 4 is 41.3 Å². The summed E-state index contributed by atoms with van der Waals surface area (Å²) < 4.78 is 7.16. The van der Waals surface area contributed by atoms with Gasteiger partial charge in [-0.2, -0.15) is 0 Å². The predicted octanol–water partition coefficient (Wildman–Crippen LogP) is 3.78. The highest BCUT2D eigenvalue weighted by Crippen LogP contribution is 2.41. The Labute approximate surface area is 201 Å². The van der Waals surface area contributed by atoms with Crippen LogP contribution in [0.15, 0.2) is 22.5 Å². The molecular formula is C21H35IN6OS. The Hall–Kier alpha value is -1.20. The highest BCUT2D eigenvalue weighted by Gasteiger charge is 2.34. The molecule has 30 heavy (non-hydrogen) atoms. The zero-order chi connectivity index (χ0) is 20.5. The zero-order valence-electron chi connectivity index (χ0n) is 18.3. The second-order valence-corrected chi connectivity index (χ2v) is 8.78. The molecule has 0 bridgehead atoms. The SMILES string of the molecule is COCCCNC(=NCc1nnc(C)n1C)NCC1(c2cccs2)CCCCC1.I. The maximum Gasteiger partial charge on any atom is 0.191 e. The third-order valence-corrected chi connectivity index (χ3v) is 6.94. The van der Waals surface area contributed by atoms with Gasteiger partial charge in [0.2, 0.25) is 0 Å². The van der Waals surface area contributed by atoms with Crippen molar-refractivity contribution in [1.29, 1.82) is 0 Å². The summed E-state index contributed by atoms with van der Waals surface area (Å²) >= 11 is 1.88. The Morgan fingerprint density at radius 1 is 1.27 bits per heavy atom. The van der Waals surface area contributed by atoms with Crippen LogP contribution in [0.5, 0.6) is 0 Å².